The Labute approximate surface area is 131 Å². The van der Waals surface area contributed by atoms with Crippen LogP contribution in [0.15, 0.2) is 28.7 Å². The smallest absolute Gasteiger partial charge is 0.134 e. The molecule has 1 unspecified atom stereocenters. The first-order valence-electron chi connectivity index (χ1n) is 7.82. The normalized spacial score (nSPS) is 20.2. The van der Waals surface area contributed by atoms with Crippen LogP contribution in [0.25, 0.3) is 11.0 Å². The molecule has 4 heteroatoms. The molecule has 0 spiro atoms. The number of hydrogen-bond acceptors (Lipinski definition) is 4. The molecule has 1 aliphatic rings. The lowest BCUT2D eigenvalue weighted by molar-refractivity contribution is 0.256. The quantitative estimate of drug-likeness (QED) is 0.915. The fourth-order valence-corrected chi connectivity index (χ4v) is 4.04. The summed E-state index contributed by atoms with van der Waals surface area (Å²) in [6, 6.07) is 8.38. The predicted molar refractivity (Wildman–Crippen MR) is 90.8 cm³/mol. The van der Waals surface area contributed by atoms with Gasteiger partial charge in [0.1, 0.15) is 11.3 Å². The number of benzene rings is 1. The van der Waals surface area contributed by atoms with Crippen LogP contribution in [-0.4, -0.2) is 35.5 Å². The Morgan fingerprint density at radius 2 is 2.24 bits per heavy atom. The molecular formula is C17H24N2OS. The second kappa shape index (κ2) is 6.86. The van der Waals surface area contributed by atoms with Crippen molar-refractivity contribution < 1.29 is 4.42 Å². The number of fused-ring (bicyclic) bond motifs is 1. The van der Waals surface area contributed by atoms with Gasteiger partial charge in [-0.05, 0) is 12.6 Å². The summed E-state index contributed by atoms with van der Waals surface area (Å²) in [6.45, 7) is 9.58. The fraction of sp³-hybridized carbons (Fsp3) is 0.529. The second-order valence-electron chi connectivity index (χ2n) is 5.70. The Bertz CT molecular complexity index is 595. The van der Waals surface area contributed by atoms with Crippen LogP contribution in [0.2, 0.25) is 0 Å². The highest BCUT2D eigenvalue weighted by Crippen LogP contribution is 2.28. The predicted octanol–water partition coefficient (Wildman–Crippen LogP) is 3.48. The van der Waals surface area contributed by atoms with E-state index in [1.165, 1.54) is 16.7 Å². The van der Waals surface area contributed by atoms with Gasteiger partial charge in [0.2, 0.25) is 0 Å². The molecule has 1 atom stereocenters. The van der Waals surface area contributed by atoms with Crippen LogP contribution in [0.4, 0.5) is 0 Å². The Kier molecular flexibility index (Phi) is 4.88. The van der Waals surface area contributed by atoms with Crippen molar-refractivity contribution >= 4 is 22.7 Å². The SMILES string of the molecule is CCNCc1c(CN2CCSC(C)C2)oc2ccccc12. The molecule has 0 bridgehead atoms. The number of para-hydroxylation sites is 1. The van der Waals surface area contributed by atoms with Crippen LogP contribution in [0.1, 0.15) is 25.2 Å². The van der Waals surface area contributed by atoms with E-state index in [0.29, 0.717) is 0 Å². The largest absolute Gasteiger partial charge is 0.459 e. The van der Waals surface area contributed by atoms with Crippen LogP contribution < -0.4 is 5.32 Å². The molecule has 3 nitrogen and oxygen atoms in total. The van der Waals surface area contributed by atoms with Crippen molar-refractivity contribution in [3.8, 4) is 0 Å². The molecule has 1 aromatic carbocycles. The number of nitrogens with one attached hydrogen (secondary N) is 1. The molecule has 1 N–H and O–H groups in total. The first-order valence-corrected chi connectivity index (χ1v) is 8.86. The van der Waals surface area contributed by atoms with Gasteiger partial charge < -0.3 is 9.73 Å². The third-order valence-electron chi connectivity index (χ3n) is 4.03. The van der Waals surface area contributed by atoms with E-state index in [2.05, 4.69) is 54.0 Å². The molecule has 1 saturated heterocycles. The zero-order valence-electron chi connectivity index (χ0n) is 12.9. The molecule has 1 aliphatic heterocycles. The van der Waals surface area contributed by atoms with Gasteiger partial charge in [-0.2, -0.15) is 11.8 Å². The summed E-state index contributed by atoms with van der Waals surface area (Å²) in [7, 11) is 0. The Hall–Kier alpha value is -0.970. The zero-order valence-corrected chi connectivity index (χ0v) is 13.7. The number of thioether (sulfide) groups is 1. The summed E-state index contributed by atoms with van der Waals surface area (Å²) in [5, 5.41) is 5.43. The summed E-state index contributed by atoms with van der Waals surface area (Å²) in [4.78, 5) is 2.52. The lowest BCUT2D eigenvalue weighted by Gasteiger charge is -2.29. The van der Waals surface area contributed by atoms with Gasteiger partial charge in [-0.25, -0.2) is 0 Å². The average molecular weight is 304 g/mol. The van der Waals surface area contributed by atoms with E-state index in [0.717, 1.165) is 49.3 Å². The molecular weight excluding hydrogens is 280 g/mol. The van der Waals surface area contributed by atoms with E-state index in [-0.39, 0.29) is 0 Å². The van der Waals surface area contributed by atoms with E-state index < -0.39 is 0 Å². The monoisotopic (exact) mass is 304 g/mol. The standard InChI is InChI=1S/C17H24N2OS/c1-3-18-10-15-14-6-4-5-7-16(14)20-17(15)12-19-8-9-21-13(2)11-19/h4-7,13,18H,3,8-12H2,1-2H3. The van der Waals surface area contributed by atoms with Gasteiger partial charge in [0.25, 0.3) is 0 Å². The van der Waals surface area contributed by atoms with Gasteiger partial charge >= 0.3 is 0 Å². The number of hydrogen-bond donors (Lipinski definition) is 1. The number of furan rings is 1. The Morgan fingerprint density at radius 3 is 3.05 bits per heavy atom. The van der Waals surface area contributed by atoms with Gasteiger partial charge in [-0.15, -0.1) is 0 Å². The highest BCUT2D eigenvalue weighted by Gasteiger charge is 2.21. The van der Waals surface area contributed by atoms with Crippen LogP contribution in [0.3, 0.4) is 0 Å². The molecule has 0 saturated carbocycles. The van der Waals surface area contributed by atoms with Crippen molar-refractivity contribution in [2.24, 2.45) is 0 Å². The van der Waals surface area contributed by atoms with Crippen molar-refractivity contribution in [2.75, 3.05) is 25.4 Å². The molecule has 3 rings (SSSR count). The third kappa shape index (κ3) is 3.44. The Balaban J connectivity index is 1.85. The lowest BCUT2D eigenvalue weighted by atomic mass is 10.1. The van der Waals surface area contributed by atoms with Crippen LogP contribution in [0.5, 0.6) is 0 Å². The molecule has 2 aromatic rings. The van der Waals surface area contributed by atoms with E-state index in [4.69, 9.17) is 4.42 Å². The minimum absolute atomic E-state index is 0.723. The number of rotatable bonds is 5. The molecule has 114 valence electrons. The van der Waals surface area contributed by atoms with Gasteiger partial charge in [0, 0.05) is 41.6 Å². The molecule has 21 heavy (non-hydrogen) atoms. The minimum Gasteiger partial charge on any atom is -0.459 e. The van der Waals surface area contributed by atoms with Gasteiger partial charge in [0.15, 0.2) is 0 Å². The van der Waals surface area contributed by atoms with Gasteiger partial charge in [-0.1, -0.05) is 32.0 Å². The molecule has 0 radical (unpaired) electrons. The van der Waals surface area contributed by atoms with E-state index in [1.54, 1.807) is 0 Å². The van der Waals surface area contributed by atoms with Crippen molar-refractivity contribution in [1.82, 2.24) is 10.2 Å². The minimum atomic E-state index is 0.723. The molecule has 0 aliphatic carbocycles. The summed E-state index contributed by atoms with van der Waals surface area (Å²) in [5.41, 5.74) is 2.35. The van der Waals surface area contributed by atoms with Gasteiger partial charge in [-0.3, -0.25) is 4.90 Å². The van der Waals surface area contributed by atoms with Crippen molar-refractivity contribution in [3.63, 3.8) is 0 Å². The summed E-state index contributed by atoms with van der Waals surface area (Å²) in [5.74, 6) is 2.36. The molecule has 1 aromatic heterocycles. The third-order valence-corrected chi connectivity index (χ3v) is 5.16. The van der Waals surface area contributed by atoms with Gasteiger partial charge in [0.05, 0.1) is 6.54 Å². The maximum absolute atomic E-state index is 6.15. The van der Waals surface area contributed by atoms with Crippen LogP contribution in [-0.2, 0) is 13.1 Å². The average Bonchev–Trinajstić information content (AvgIpc) is 2.82. The zero-order chi connectivity index (χ0) is 14.7. The van der Waals surface area contributed by atoms with E-state index in [9.17, 15) is 0 Å². The molecule has 0 amide bonds. The van der Waals surface area contributed by atoms with Crippen LogP contribution >= 0.6 is 11.8 Å². The second-order valence-corrected chi connectivity index (χ2v) is 7.24. The highest BCUT2D eigenvalue weighted by atomic mass is 32.2. The fourth-order valence-electron chi connectivity index (χ4n) is 2.96. The molecule has 1 fully saturated rings. The first kappa shape index (κ1) is 14.9. The Morgan fingerprint density at radius 1 is 1.38 bits per heavy atom. The number of nitrogens with zero attached hydrogens (tertiary/aromatic N) is 1. The van der Waals surface area contributed by atoms with E-state index in [1.807, 2.05) is 6.07 Å². The van der Waals surface area contributed by atoms with E-state index >= 15 is 0 Å². The summed E-state index contributed by atoms with van der Waals surface area (Å²) in [6.07, 6.45) is 0. The van der Waals surface area contributed by atoms with Crippen molar-refractivity contribution in [2.45, 2.75) is 32.2 Å². The first-order chi connectivity index (χ1) is 10.3. The molecule has 2 heterocycles. The maximum Gasteiger partial charge on any atom is 0.134 e. The highest BCUT2D eigenvalue weighted by molar-refractivity contribution is 7.99. The maximum atomic E-state index is 6.15. The summed E-state index contributed by atoms with van der Waals surface area (Å²) >= 11 is 2.07. The van der Waals surface area contributed by atoms with Crippen molar-refractivity contribution in [1.29, 1.82) is 0 Å². The van der Waals surface area contributed by atoms with Crippen molar-refractivity contribution in [3.05, 3.63) is 35.6 Å². The van der Waals surface area contributed by atoms with Crippen LogP contribution in [0, 0.1) is 0 Å². The topological polar surface area (TPSA) is 28.4 Å². The summed E-state index contributed by atoms with van der Waals surface area (Å²) < 4.78 is 6.15. The lowest BCUT2D eigenvalue weighted by Crippen LogP contribution is -2.36.